The number of carbonyl (C=O) groups excluding carboxylic acids is 1. The monoisotopic (exact) mass is 260 g/mol. The van der Waals surface area contributed by atoms with Crippen molar-refractivity contribution in [2.75, 3.05) is 26.9 Å². The number of methoxy groups -OCH3 is 1. The number of rotatable bonds is 12. The van der Waals surface area contributed by atoms with Crippen LogP contribution in [0.2, 0.25) is 0 Å². The van der Waals surface area contributed by atoms with Crippen LogP contribution in [0.3, 0.4) is 0 Å². The summed E-state index contributed by atoms with van der Waals surface area (Å²) in [6.07, 6.45) is 7.45. The highest BCUT2D eigenvalue weighted by Crippen LogP contribution is 2.08. The van der Waals surface area contributed by atoms with Crippen molar-refractivity contribution in [3.05, 3.63) is 0 Å². The van der Waals surface area contributed by atoms with E-state index in [0.29, 0.717) is 13.0 Å². The molecule has 0 aromatic carbocycles. The van der Waals surface area contributed by atoms with Gasteiger partial charge in [0.2, 0.25) is 0 Å². The van der Waals surface area contributed by atoms with Gasteiger partial charge in [-0.05, 0) is 6.42 Å². The number of aliphatic hydroxyl groups excluding tert-OH is 1. The lowest BCUT2D eigenvalue weighted by Gasteiger charge is -2.13. The molecule has 0 saturated carbocycles. The SMILES string of the molecule is CCCCCCCCC(=O)OCC(CO)COC. The van der Waals surface area contributed by atoms with Crippen molar-refractivity contribution < 1.29 is 19.4 Å². The predicted octanol–water partition coefficient (Wildman–Crippen LogP) is 2.54. The van der Waals surface area contributed by atoms with Crippen LogP contribution in [-0.2, 0) is 14.3 Å². The van der Waals surface area contributed by atoms with E-state index in [9.17, 15) is 4.79 Å². The Kier molecular flexibility index (Phi) is 12.4. The third-order valence-electron chi connectivity index (χ3n) is 2.88. The maximum absolute atomic E-state index is 11.4. The van der Waals surface area contributed by atoms with E-state index in [-0.39, 0.29) is 25.1 Å². The highest BCUT2D eigenvalue weighted by atomic mass is 16.5. The Morgan fingerprint density at radius 2 is 1.78 bits per heavy atom. The molecular weight excluding hydrogens is 232 g/mol. The fourth-order valence-electron chi connectivity index (χ4n) is 1.72. The average molecular weight is 260 g/mol. The molecule has 1 atom stereocenters. The molecule has 0 aromatic heterocycles. The molecule has 0 heterocycles. The number of carbonyl (C=O) groups is 1. The molecule has 0 aliphatic rings. The second-order valence-electron chi connectivity index (χ2n) is 4.70. The van der Waals surface area contributed by atoms with Gasteiger partial charge in [0.05, 0.1) is 19.8 Å². The molecule has 0 saturated heterocycles. The number of unbranched alkanes of at least 4 members (excludes halogenated alkanes) is 5. The lowest BCUT2D eigenvalue weighted by molar-refractivity contribution is -0.146. The van der Waals surface area contributed by atoms with Gasteiger partial charge in [0, 0.05) is 19.4 Å². The Hall–Kier alpha value is -0.610. The second-order valence-corrected chi connectivity index (χ2v) is 4.70. The van der Waals surface area contributed by atoms with E-state index in [1.165, 1.54) is 25.7 Å². The summed E-state index contributed by atoms with van der Waals surface area (Å²) in [5, 5.41) is 9.00. The number of hydrogen-bond donors (Lipinski definition) is 1. The molecule has 4 nitrogen and oxygen atoms in total. The summed E-state index contributed by atoms with van der Waals surface area (Å²) >= 11 is 0. The number of hydrogen-bond acceptors (Lipinski definition) is 4. The van der Waals surface area contributed by atoms with Crippen LogP contribution in [-0.4, -0.2) is 38.0 Å². The Balaban J connectivity index is 3.41. The van der Waals surface area contributed by atoms with E-state index in [0.717, 1.165) is 12.8 Å². The Labute approximate surface area is 111 Å². The van der Waals surface area contributed by atoms with Gasteiger partial charge < -0.3 is 14.6 Å². The highest BCUT2D eigenvalue weighted by Gasteiger charge is 2.10. The first-order valence-corrected chi connectivity index (χ1v) is 7.00. The Morgan fingerprint density at radius 3 is 2.39 bits per heavy atom. The van der Waals surface area contributed by atoms with Gasteiger partial charge in [-0.25, -0.2) is 0 Å². The van der Waals surface area contributed by atoms with Crippen LogP contribution in [0.5, 0.6) is 0 Å². The lowest BCUT2D eigenvalue weighted by Crippen LogP contribution is -2.21. The largest absolute Gasteiger partial charge is 0.465 e. The van der Waals surface area contributed by atoms with Crippen LogP contribution in [0.4, 0.5) is 0 Å². The molecular formula is C14H28O4. The van der Waals surface area contributed by atoms with E-state index >= 15 is 0 Å². The van der Waals surface area contributed by atoms with E-state index in [1.807, 2.05) is 0 Å². The molecule has 0 spiro atoms. The van der Waals surface area contributed by atoms with Crippen molar-refractivity contribution in [2.45, 2.75) is 51.9 Å². The van der Waals surface area contributed by atoms with Gasteiger partial charge in [0.1, 0.15) is 0 Å². The summed E-state index contributed by atoms with van der Waals surface area (Å²) in [4.78, 5) is 11.4. The molecule has 0 aliphatic heterocycles. The van der Waals surface area contributed by atoms with Crippen molar-refractivity contribution in [1.82, 2.24) is 0 Å². The van der Waals surface area contributed by atoms with Crippen molar-refractivity contribution in [3.8, 4) is 0 Å². The molecule has 18 heavy (non-hydrogen) atoms. The first kappa shape index (κ1) is 17.4. The lowest BCUT2D eigenvalue weighted by atomic mass is 10.1. The fourth-order valence-corrected chi connectivity index (χ4v) is 1.72. The quantitative estimate of drug-likeness (QED) is 0.433. The van der Waals surface area contributed by atoms with Crippen LogP contribution in [0.15, 0.2) is 0 Å². The molecule has 0 aromatic rings. The molecule has 0 bridgehead atoms. The van der Waals surface area contributed by atoms with E-state index < -0.39 is 0 Å². The van der Waals surface area contributed by atoms with Crippen molar-refractivity contribution in [1.29, 1.82) is 0 Å². The summed E-state index contributed by atoms with van der Waals surface area (Å²) in [5.41, 5.74) is 0. The van der Waals surface area contributed by atoms with Gasteiger partial charge in [-0.15, -0.1) is 0 Å². The minimum atomic E-state index is -0.167. The normalized spacial score (nSPS) is 12.4. The summed E-state index contributed by atoms with van der Waals surface area (Å²) in [6.45, 7) is 2.84. The molecule has 0 aliphatic carbocycles. The van der Waals surface area contributed by atoms with Gasteiger partial charge in [-0.3, -0.25) is 4.79 Å². The minimum absolute atomic E-state index is 0.0157. The summed E-state index contributed by atoms with van der Waals surface area (Å²) in [5.74, 6) is -0.274. The Bertz CT molecular complexity index is 194. The third-order valence-corrected chi connectivity index (χ3v) is 2.88. The van der Waals surface area contributed by atoms with E-state index in [2.05, 4.69) is 6.92 Å². The zero-order valence-corrected chi connectivity index (χ0v) is 11.8. The van der Waals surface area contributed by atoms with E-state index in [4.69, 9.17) is 14.6 Å². The zero-order valence-electron chi connectivity index (χ0n) is 11.8. The van der Waals surface area contributed by atoms with Gasteiger partial charge in [0.25, 0.3) is 0 Å². The van der Waals surface area contributed by atoms with Crippen LogP contribution >= 0.6 is 0 Å². The van der Waals surface area contributed by atoms with Crippen LogP contribution in [0.25, 0.3) is 0 Å². The minimum Gasteiger partial charge on any atom is -0.465 e. The molecule has 0 amide bonds. The van der Waals surface area contributed by atoms with Gasteiger partial charge in [-0.1, -0.05) is 39.0 Å². The third kappa shape index (κ3) is 10.5. The van der Waals surface area contributed by atoms with Gasteiger partial charge in [0.15, 0.2) is 0 Å². The average Bonchev–Trinajstić information content (AvgIpc) is 2.38. The van der Waals surface area contributed by atoms with Crippen LogP contribution in [0.1, 0.15) is 51.9 Å². The molecule has 0 rings (SSSR count). The van der Waals surface area contributed by atoms with Gasteiger partial charge >= 0.3 is 5.97 Å². The number of ether oxygens (including phenoxy) is 2. The highest BCUT2D eigenvalue weighted by molar-refractivity contribution is 5.69. The molecule has 1 N–H and O–H groups in total. The predicted molar refractivity (Wildman–Crippen MR) is 71.4 cm³/mol. The maximum Gasteiger partial charge on any atom is 0.305 e. The summed E-state index contributed by atoms with van der Waals surface area (Å²) < 4.78 is 10.0. The number of aliphatic hydroxyl groups is 1. The molecule has 0 fully saturated rings. The first-order chi connectivity index (χ1) is 8.74. The zero-order chi connectivity index (χ0) is 13.6. The van der Waals surface area contributed by atoms with Gasteiger partial charge in [-0.2, -0.15) is 0 Å². The first-order valence-electron chi connectivity index (χ1n) is 7.00. The fraction of sp³-hybridized carbons (Fsp3) is 0.929. The second kappa shape index (κ2) is 12.8. The molecule has 108 valence electrons. The molecule has 4 heteroatoms. The van der Waals surface area contributed by atoms with Crippen molar-refractivity contribution in [2.24, 2.45) is 5.92 Å². The maximum atomic E-state index is 11.4. The summed E-state index contributed by atoms with van der Waals surface area (Å²) in [6, 6.07) is 0. The topological polar surface area (TPSA) is 55.8 Å². The van der Waals surface area contributed by atoms with Crippen LogP contribution in [0, 0.1) is 5.92 Å². The van der Waals surface area contributed by atoms with E-state index in [1.54, 1.807) is 7.11 Å². The van der Waals surface area contributed by atoms with Crippen LogP contribution < -0.4 is 0 Å². The Morgan fingerprint density at radius 1 is 1.11 bits per heavy atom. The standard InChI is InChI=1S/C14H28O4/c1-3-4-5-6-7-8-9-14(16)18-12-13(10-15)11-17-2/h13,15H,3-12H2,1-2H3. The van der Waals surface area contributed by atoms with Crippen molar-refractivity contribution >= 4 is 5.97 Å². The smallest absolute Gasteiger partial charge is 0.305 e. The molecule has 1 unspecified atom stereocenters. The number of esters is 1. The molecule has 0 radical (unpaired) electrons. The summed E-state index contributed by atoms with van der Waals surface area (Å²) in [7, 11) is 1.57. The van der Waals surface area contributed by atoms with Crippen molar-refractivity contribution in [3.63, 3.8) is 0 Å².